The van der Waals surface area contributed by atoms with Gasteiger partial charge in [-0.2, -0.15) is 5.10 Å². The minimum Gasteiger partial charge on any atom is -0.335 e. The lowest BCUT2D eigenvalue weighted by atomic mass is 10.0. The number of nitrogens with one attached hydrogen (secondary N) is 1. The van der Waals surface area contributed by atoms with E-state index >= 15 is 0 Å². The highest BCUT2D eigenvalue weighted by molar-refractivity contribution is 5.86. The van der Waals surface area contributed by atoms with E-state index in [1.807, 2.05) is 6.07 Å². The summed E-state index contributed by atoms with van der Waals surface area (Å²) in [5.74, 6) is -0.676. The largest absolute Gasteiger partial charge is 0.335 e. The first-order chi connectivity index (χ1) is 13.0. The van der Waals surface area contributed by atoms with Gasteiger partial charge in [-0.3, -0.25) is 14.3 Å². The lowest BCUT2D eigenvalue weighted by molar-refractivity contribution is -0.143. The Morgan fingerprint density at radius 2 is 2.10 bits per heavy atom. The SMILES string of the molecule is CC(C(=O)N(C)CC(=O)N1CCNCC1c1cccc(F)c1)n1cccn1.Cl.Cl. The molecule has 0 radical (unpaired) electrons. The van der Waals surface area contributed by atoms with Crippen molar-refractivity contribution in [3.63, 3.8) is 0 Å². The molecule has 1 aliphatic heterocycles. The molecule has 2 unspecified atom stereocenters. The highest BCUT2D eigenvalue weighted by Gasteiger charge is 2.30. The van der Waals surface area contributed by atoms with Crippen LogP contribution in [0.25, 0.3) is 0 Å². The van der Waals surface area contributed by atoms with Crippen LogP contribution in [0.3, 0.4) is 0 Å². The fraction of sp³-hybridized carbons (Fsp3) is 0.421. The highest BCUT2D eigenvalue weighted by atomic mass is 35.5. The Hall–Kier alpha value is -2.16. The van der Waals surface area contributed by atoms with Crippen molar-refractivity contribution in [2.75, 3.05) is 33.2 Å². The van der Waals surface area contributed by atoms with Crippen LogP contribution in [0.15, 0.2) is 42.7 Å². The number of likely N-dealkylation sites (N-methyl/N-ethyl adjacent to an activating group) is 1. The maximum absolute atomic E-state index is 13.6. The molecule has 1 aromatic carbocycles. The minimum atomic E-state index is -0.486. The molecule has 0 bridgehead atoms. The van der Waals surface area contributed by atoms with Crippen LogP contribution in [0.5, 0.6) is 0 Å². The van der Waals surface area contributed by atoms with Crippen molar-refractivity contribution in [2.24, 2.45) is 0 Å². The first kappa shape index (κ1) is 24.9. The molecule has 29 heavy (non-hydrogen) atoms. The average molecular weight is 446 g/mol. The fourth-order valence-corrected chi connectivity index (χ4v) is 3.33. The molecule has 1 aromatic heterocycles. The number of aromatic nitrogens is 2. The van der Waals surface area contributed by atoms with Gasteiger partial charge in [0, 0.05) is 39.1 Å². The van der Waals surface area contributed by atoms with E-state index in [1.165, 1.54) is 17.0 Å². The fourth-order valence-electron chi connectivity index (χ4n) is 3.33. The number of benzene rings is 1. The van der Waals surface area contributed by atoms with Crippen LogP contribution < -0.4 is 5.32 Å². The van der Waals surface area contributed by atoms with Crippen molar-refractivity contribution in [3.05, 3.63) is 54.1 Å². The van der Waals surface area contributed by atoms with Gasteiger partial charge in [-0.1, -0.05) is 12.1 Å². The Kier molecular flexibility index (Phi) is 9.55. The van der Waals surface area contributed by atoms with E-state index in [4.69, 9.17) is 0 Å². The van der Waals surface area contributed by atoms with Crippen molar-refractivity contribution in [1.29, 1.82) is 0 Å². The van der Waals surface area contributed by atoms with E-state index in [2.05, 4.69) is 10.4 Å². The second kappa shape index (κ2) is 11.1. The number of hydrogen-bond donors (Lipinski definition) is 1. The predicted octanol–water partition coefficient (Wildman–Crippen LogP) is 2.06. The lowest BCUT2D eigenvalue weighted by Crippen LogP contribution is -2.52. The molecular formula is C19H26Cl2FN5O2. The van der Waals surface area contributed by atoms with Gasteiger partial charge in [-0.25, -0.2) is 4.39 Å². The maximum atomic E-state index is 13.6. The van der Waals surface area contributed by atoms with Crippen LogP contribution >= 0.6 is 24.8 Å². The molecule has 2 heterocycles. The molecule has 0 aliphatic carbocycles. The van der Waals surface area contributed by atoms with E-state index in [9.17, 15) is 14.0 Å². The lowest BCUT2D eigenvalue weighted by Gasteiger charge is -2.37. The zero-order chi connectivity index (χ0) is 19.4. The number of piperazine rings is 1. The summed E-state index contributed by atoms with van der Waals surface area (Å²) in [6.07, 6.45) is 3.33. The molecule has 1 N–H and O–H groups in total. The maximum Gasteiger partial charge on any atom is 0.247 e. The number of hydrogen-bond acceptors (Lipinski definition) is 4. The highest BCUT2D eigenvalue weighted by Crippen LogP contribution is 2.23. The Morgan fingerprint density at radius 1 is 1.34 bits per heavy atom. The van der Waals surface area contributed by atoms with E-state index in [1.54, 1.807) is 48.1 Å². The molecule has 1 aliphatic rings. The summed E-state index contributed by atoms with van der Waals surface area (Å²) >= 11 is 0. The Morgan fingerprint density at radius 3 is 2.76 bits per heavy atom. The number of rotatable bonds is 5. The van der Waals surface area contributed by atoms with Crippen LogP contribution in [0.2, 0.25) is 0 Å². The van der Waals surface area contributed by atoms with Gasteiger partial charge >= 0.3 is 0 Å². The van der Waals surface area contributed by atoms with Gasteiger partial charge in [-0.05, 0) is 30.7 Å². The summed E-state index contributed by atoms with van der Waals surface area (Å²) in [6.45, 7) is 3.44. The molecule has 3 rings (SSSR count). The summed E-state index contributed by atoms with van der Waals surface area (Å²) in [5.41, 5.74) is 0.745. The molecule has 0 saturated carbocycles. The van der Waals surface area contributed by atoms with Crippen LogP contribution in [0, 0.1) is 5.82 Å². The summed E-state index contributed by atoms with van der Waals surface area (Å²) in [5, 5.41) is 7.32. The Labute approximate surface area is 182 Å². The Balaban J connectivity index is 0.00000210. The zero-order valence-corrected chi connectivity index (χ0v) is 18.0. The van der Waals surface area contributed by atoms with Gasteiger partial charge in [0.2, 0.25) is 11.8 Å². The first-order valence-electron chi connectivity index (χ1n) is 8.97. The van der Waals surface area contributed by atoms with Gasteiger partial charge in [0.25, 0.3) is 0 Å². The van der Waals surface area contributed by atoms with E-state index in [0.717, 1.165) is 5.56 Å². The van der Waals surface area contributed by atoms with E-state index in [0.29, 0.717) is 19.6 Å². The topological polar surface area (TPSA) is 70.5 Å². The van der Waals surface area contributed by atoms with Crippen molar-refractivity contribution < 1.29 is 14.0 Å². The van der Waals surface area contributed by atoms with Crippen LogP contribution in [0.1, 0.15) is 24.6 Å². The summed E-state index contributed by atoms with van der Waals surface area (Å²) < 4.78 is 15.2. The van der Waals surface area contributed by atoms with Gasteiger partial charge in [-0.15, -0.1) is 24.8 Å². The third kappa shape index (κ3) is 5.91. The zero-order valence-electron chi connectivity index (χ0n) is 16.3. The standard InChI is InChI=1S/C19H24FN5O2.2ClH/c1-14(25-9-4-7-22-25)19(27)23(2)13-18(26)24-10-8-21-12-17(24)15-5-3-6-16(20)11-15;;/h3-7,9,11,14,17,21H,8,10,12-13H2,1-2H3;2*1H. The van der Waals surface area contributed by atoms with Crippen LogP contribution in [0.4, 0.5) is 4.39 Å². The third-order valence-corrected chi connectivity index (χ3v) is 4.82. The molecule has 2 amide bonds. The van der Waals surface area contributed by atoms with Gasteiger partial charge in [0.15, 0.2) is 0 Å². The molecular weight excluding hydrogens is 420 g/mol. The number of carbonyl (C=O) groups excluding carboxylic acids is 2. The molecule has 1 fully saturated rings. The van der Waals surface area contributed by atoms with E-state index < -0.39 is 6.04 Å². The van der Waals surface area contributed by atoms with Crippen LogP contribution in [-0.4, -0.2) is 64.6 Å². The van der Waals surface area contributed by atoms with Gasteiger partial charge < -0.3 is 15.1 Å². The first-order valence-corrected chi connectivity index (χ1v) is 8.97. The van der Waals surface area contributed by atoms with Crippen molar-refractivity contribution in [3.8, 4) is 0 Å². The molecule has 0 spiro atoms. The number of carbonyl (C=O) groups is 2. The second-order valence-electron chi connectivity index (χ2n) is 6.72. The third-order valence-electron chi connectivity index (χ3n) is 4.82. The molecule has 2 atom stereocenters. The van der Waals surface area contributed by atoms with Crippen molar-refractivity contribution in [1.82, 2.24) is 24.9 Å². The summed E-state index contributed by atoms with van der Waals surface area (Å²) in [6, 6.07) is 7.30. The van der Waals surface area contributed by atoms with Crippen LogP contribution in [-0.2, 0) is 9.59 Å². The van der Waals surface area contributed by atoms with E-state index in [-0.39, 0.29) is 55.0 Å². The van der Waals surface area contributed by atoms with Gasteiger partial charge in [0.1, 0.15) is 11.9 Å². The average Bonchev–Trinajstić information content (AvgIpc) is 3.21. The molecule has 10 heteroatoms. The minimum absolute atomic E-state index is 0. The number of amides is 2. The quantitative estimate of drug-likeness (QED) is 0.764. The molecule has 1 saturated heterocycles. The number of halogens is 3. The normalized spacial score (nSPS) is 16.9. The summed E-state index contributed by atoms with van der Waals surface area (Å²) in [7, 11) is 1.61. The smallest absolute Gasteiger partial charge is 0.247 e. The number of nitrogens with zero attached hydrogens (tertiary/aromatic N) is 4. The molecule has 7 nitrogen and oxygen atoms in total. The van der Waals surface area contributed by atoms with Gasteiger partial charge in [0.05, 0.1) is 12.6 Å². The molecule has 2 aromatic rings. The summed E-state index contributed by atoms with van der Waals surface area (Å²) in [4.78, 5) is 28.6. The van der Waals surface area contributed by atoms with Crippen molar-refractivity contribution in [2.45, 2.75) is 19.0 Å². The second-order valence-corrected chi connectivity index (χ2v) is 6.72. The Bertz CT molecular complexity index is 806. The monoisotopic (exact) mass is 445 g/mol. The predicted molar refractivity (Wildman–Crippen MR) is 113 cm³/mol. The van der Waals surface area contributed by atoms with Crippen molar-refractivity contribution >= 4 is 36.6 Å². The molecule has 160 valence electrons.